The molecule has 2 fully saturated rings. The minimum absolute atomic E-state index is 0.551. The van der Waals surface area contributed by atoms with E-state index < -0.39 is 0 Å². The summed E-state index contributed by atoms with van der Waals surface area (Å²) in [6, 6.07) is 1.56. The summed E-state index contributed by atoms with van der Waals surface area (Å²) in [5.41, 5.74) is 0.551. The van der Waals surface area contributed by atoms with E-state index >= 15 is 0 Å². The second-order valence-corrected chi connectivity index (χ2v) is 7.19. The second-order valence-electron chi connectivity index (χ2n) is 7.19. The number of likely N-dealkylation sites (N-methyl/N-ethyl adjacent to an activating group) is 1. The van der Waals surface area contributed by atoms with Gasteiger partial charge in [0, 0.05) is 18.6 Å². The van der Waals surface area contributed by atoms with Gasteiger partial charge in [0.2, 0.25) is 0 Å². The first-order valence-electron chi connectivity index (χ1n) is 7.41. The molecule has 1 saturated heterocycles. The van der Waals surface area contributed by atoms with Crippen molar-refractivity contribution >= 4 is 0 Å². The van der Waals surface area contributed by atoms with Crippen LogP contribution in [0.15, 0.2) is 0 Å². The molecule has 3 atom stereocenters. The quantitative estimate of drug-likeness (QED) is 0.796. The fourth-order valence-electron chi connectivity index (χ4n) is 4.15. The Morgan fingerprint density at radius 1 is 1.24 bits per heavy atom. The first kappa shape index (κ1) is 13.4. The highest BCUT2D eigenvalue weighted by Crippen LogP contribution is 2.40. The van der Waals surface area contributed by atoms with Crippen molar-refractivity contribution < 1.29 is 0 Å². The van der Waals surface area contributed by atoms with Crippen molar-refractivity contribution in [3.8, 4) is 0 Å². The highest BCUT2D eigenvalue weighted by molar-refractivity contribution is 4.90. The minimum atomic E-state index is 0.551. The largest absolute Gasteiger partial charge is 0.316 e. The molecular formula is C15H30N2. The van der Waals surface area contributed by atoms with Crippen LogP contribution in [0.4, 0.5) is 0 Å². The van der Waals surface area contributed by atoms with Crippen molar-refractivity contribution in [2.45, 2.75) is 65.0 Å². The van der Waals surface area contributed by atoms with Crippen molar-refractivity contribution in [2.24, 2.45) is 11.3 Å². The SMILES string of the molecule is CNC1CCCN(C2CC(C)CC(C)(C)C2)C1. The third-order valence-electron chi connectivity index (χ3n) is 4.74. The predicted octanol–water partition coefficient (Wildman–Crippen LogP) is 2.89. The topological polar surface area (TPSA) is 15.3 Å². The molecule has 3 unspecified atom stereocenters. The first-order chi connectivity index (χ1) is 8.00. The Kier molecular flexibility index (Phi) is 4.14. The highest BCUT2D eigenvalue weighted by Gasteiger charge is 2.36. The molecule has 0 aromatic heterocycles. The van der Waals surface area contributed by atoms with Crippen molar-refractivity contribution in [3.63, 3.8) is 0 Å². The molecule has 2 aliphatic rings. The van der Waals surface area contributed by atoms with E-state index in [0.29, 0.717) is 5.41 Å². The van der Waals surface area contributed by atoms with E-state index in [1.54, 1.807) is 0 Å². The van der Waals surface area contributed by atoms with Crippen LogP contribution in [0.2, 0.25) is 0 Å². The maximum atomic E-state index is 3.46. The summed E-state index contributed by atoms with van der Waals surface area (Å²) in [6.07, 6.45) is 6.95. The lowest BCUT2D eigenvalue weighted by molar-refractivity contribution is 0.0468. The Hall–Kier alpha value is -0.0800. The van der Waals surface area contributed by atoms with E-state index in [4.69, 9.17) is 0 Å². The summed E-state index contributed by atoms with van der Waals surface area (Å²) in [5, 5.41) is 3.46. The van der Waals surface area contributed by atoms with Crippen LogP contribution >= 0.6 is 0 Å². The Bertz CT molecular complexity index is 249. The molecule has 17 heavy (non-hydrogen) atoms. The van der Waals surface area contributed by atoms with Crippen LogP contribution in [0.1, 0.15) is 52.9 Å². The Morgan fingerprint density at radius 3 is 2.65 bits per heavy atom. The Labute approximate surface area is 107 Å². The van der Waals surface area contributed by atoms with E-state index in [-0.39, 0.29) is 0 Å². The zero-order valence-corrected chi connectivity index (χ0v) is 12.1. The molecule has 1 saturated carbocycles. The normalized spacial score (nSPS) is 39.2. The summed E-state index contributed by atoms with van der Waals surface area (Å²) >= 11 is 0. The molecule has 0 spiro atoms. The van der Waals surface area contributed by atoms with E-state index in [0.717, 1.165) is 18.0 Å². The predicted molar refractivity (Wildman–Crippen MR) is 74.2 cm³/mol. The van der Waals surface area contributed by atoms with Gasteiger partial charge in [0.1, 0.15) is 0 Å². The molecule has 1 N–H and O–H groups in total. The van der Waals surface area contributed by atoms with Gasteiger partial charge in [-0.25, -0.2) is 0 Å². The fraction of sp³-hybridized carbons (Fsp3) is 1.00. The molecule has 2 rings (SSSR count). The molecule has 2 nitrogen and oxygen atoms in total. The van der Waals surface area contributed by atoms with Crippen molar-refractivity contribution in [3.05, 3.63) is 0 Å². The third kappa shape index (κ3) is 3.45. The summed E-state index contributed by atoms with van der Waals surface area (Å²) in [6.45, 7) is 9.94. The number of nitrogens with zero attached hydrogens (tertiary/aromatic N) is 1. The lowest BCUT2D eigenvalue weighted by Gasteiger charge is -2.46. The molecule has 2 heteroatoms. The summed E-state index contributed by atoms with van der Waals surface area (Å²) in [7, 11) is 2.11. The number of likely N-dealkylation sites (tertiary alicyclic amines) is 1. The lowest BCUT2D eigenvalue weighted by Crippen LogP contribution is -2.51. The van der Waals surface area contributed by atoms with Gasteiger partial charge in [-0.3, -0.25) is 4.90 Å². The Balaban J connectivity index is 1.96. The van der Waals surface area contributed by atoms with Gasteiger partial charge in [-0.2, -0.15) is 0 Å². The van der Waals surface area contributed by atoms with Crippen LogP contribution in [-0.2, 0) is 0 Å². The van der Waals surface area contributed by atoms with Gasteiger partial charge >= 0.3 is 0 Å². The fourth-order valence-corrected chi connectivity index (χ4v) is 4.15. The van der Waals surface area contributed by atoms with Crippen molar-refractivity contribution in [2.75, 3.05) is 20.1 Å². The maximum Gasteiger partial charge on any atom is 0.0192 e. The maximum absolute atomic E-state index is 3.46. The molecule has 0 bridgehead atoms. The van der Waals surface area contributed by atoms with Crippen LogP contribution in [0.3, 0.4) is 0 Å². The van der Waals surface area contributed by atoms with E-state index in [9.17, 15) is 0 Å². The standard InChI is InChI=1S/C15H30N2/c1-12-8-14(10-15(2,3)9-12)17-7-5-6-13(11-17)16-4/h12-14,16H,5-11H2,1-4H3. The third-order valence-corrected chi connectivity index (χ3v) is 4.74. The number of piperidine rings is 1. The molecule has 0 amide bonds. The van der Waals surface area contributed by atoms with Crippen LogP contribution in [0.5, 0.6) is 0 Å². The first-order valence-corrected chi connectivity index (χ1v) is 7.41. The number of nitrogens with one attached hydrogen (secondary N) is 1. The van der Waals surface area contributed by atoms with Crippen molar-refractivity contribution in [1.29, 1.82) is 0 Å². The van der Waals surface area contributed by atoms with Gasteiger partial charge in [0.25, 0.3) is 0 Å². The van der Waals surface area contributed by atoms with Crippen LogP contribution in [0.25, 0.3) is 0 Å². The molecule has 1 aliphatic carbocycles. The highest BCUT2D eigenvalue weighted by atomic mass is 15.2. The minimum Gasteiger partial charge on any atom is -0.316 e. The number of rotatable bonds is 2. The van der Waals surface area contributed by atoms with Gasteiger partial charge < -0.3 is 5.32 Å². The zero-order valence-electron chi connectivity index (χ0n) is 12.1. The molecule has 0 radical (unpaired) electrons. The van der Waals surface area contributed by atoms with Gasteiger partial charge in [-0.1, -0.05) is 20.8 Å². The van der Waals surface area contributed by atoms with Gasteiger partial charge in [-0.05, 0) is 57.0 Å². The van der Waals surface area contributed by atoms with Gasteiger partial charge in [0.05, 0.1) is 0 Å². The second kappa shape index (κ2) is 5.27. The molecule has 1 heterocycles. The van der Waals surface area contributed by atoms with E-state index in [1.165, 1.54) is 45.2 Å². The summed E-state index contributed by atoms with van der Waals surface area (Å²) in [5.74, 6) is 0.902. The molecule has 100 valence electrons. The van der Waals surface area contributed by atoms with Crippen LogP contribution in [0, 0.1) is 11.3 Å². The molecule has 0 aromatic rings. The Morgan fingerprint density at radius 2 is 2.00 bits per heavy atom. The number of hydrogen-bond donors (Lipinski definition) is 1. The van der Waals surface area contributed by atoms with E-state index in [2.05, 4.69) is 38.0 Å². The van der Waals surface area contributed by atoms with Crippen LogP contribution < -0.4 is 5.32 Å². The summed E-state index contributed by atoms with van der Waals surface area (Å²) < 4.78 is 0. The van der Waals surface area contributed by atoms with Gasteiger partial charge in [0.15, 0.2) is 0 Å². The lowest BCUT2D eigenvalue weighted by atomic mass is 9.70. The van der Waals surface area contributed by atoms with Crippen molar-refractivity contribution in [1.82, 2.24) is 10.2 Å². The van der Waals surface area contributed by atoms with Gasteiger partial charge in [-0.15, -0.1) is 0 Å². The molecular weight excluding hydrogens is 208 g/mol. The summed E-state index contributed by atoms with van der Waals surface area (Å²) in [4.78, 5) is 2.77. The zero-order chi connectivity index (χ0) is 12.5. The van der Waals surface area contributed by atoms with E-state index in [1.807, 2.05) is 0 Å². The monoisotopic (exact) mass is 238 g/mol. The van der Waals surface area contributed by atoms with Crippen LogP contribution in [-0.4, -0.2) is 37.1 Å². The average Bonchev–Trinajstić information content (AvgIpc) is 2.26. The molecule has 0 aromatic carbocycles. The number of hydrogen-bond acceptors (Lipinski definition) is 2. The smallest absolute Gasteiger partial charge is 0.0192 e. The molecule has 1 aliphatic heterocycles. The average molecular weight is 238 g/mol.